The second kappa shape index (κ2) is 6.46. The molecule has 1 unspecified atom stereocenters. The Morgan fingerprint density at radius 3 is 2.85 bits per heavy atom. The van der Waals surface area contributed by atoms with Crippen molar-refractivity contribution >= 4 is 23.3 Å². The molecule has 1 heterocycles. The number of halogens is 1. The summed E-state index contributed by atoms with van der Waals surface area (Å²) in [6.07, 6.45) is 2.20. The highest BCUT2D eigenvalue weighted by Crippen LogP contribution is 2.21. The van der Waals surface area contributed by atoms with Crippen molar-refractivity contribution in [3.63, 3.8) is 0 Å². The van der Waals surface area contributed by atoms with Gasteiger partial charge in [-0.1, -0.05) is 11.6 Å². The SMILES string of the molecule is Cc1cc(Cl)ccc1NC(=O)N1CCCC(N(C)C)C1. The van der Waals surface area contributed by atoms with E-state index in [2.05, 4.69) is 24.3 Å². The molecule has 0 spiro atoms. The van der Waals surface area contributed by atoms with E-state index >= 15 is 0 Å². The van der Waals surface area contributed by atoms with E-state index in [1.807, 2.05) is 24.0 Å². The van der Waals surface area contributed by atoms with E-state index in [1.54, 1.807) is 6.07 Å². The molecule has 1 N–H and O–H groups in total. The van der Waals surface area contributed by atoms with Crippen LogP contribution in [-0.2, 0) is 0 Å². The van der Waals surface area contributed by atoms with Gasteiger partial charge in [-0.05, 0) is 57.6 Å². The molecule has 1 aliphatic heterocycles. The fourth-order valence-electron chi connectivity index (χ4n) is 2.52. The average molecular weight is 296 g/mol. The summed E-state index contributed by atoms with van der Waals surface area (Å²) in [5.74, 6) is 0. The first-order valence-corrected chi connectivity index (χ1v) is 7.33. The van der Waals surface area contributed by atoms with Crippen LogP contribution in [0.5, 0.6) is 0 Å². The van der Waals surface area contributed by atoms with Crippen molar-refractivity contribution in [3.8, 4) is 0 Å². The van der Waals surface area contributed by atoms with E-state index in [-0.39, 0.29) is 6.03 Å². The topological polar surface area (TPSA) is 35.6 Å². The highest BCUT2D eigenvalue weighted by molar-refractivity contribution is 6.30. The normalized spacial score (nSPS) is 19.2. The molecule has 0 aliphatic carbocycles. The molecular weight excluding hydrogens is 274 g/mol. The Bertz CT molecular complexity index is 490. The number of piperidine rings is 1. The minimum absolute atomic E-state index is 0.0260. The van der Waals surface area contributed by atoms with Gasteiger partial charge in [0.05, 0.1) is 0 Å². The minimum Gasteiger partial charge on any atom is -0.323 e. The van der Waals surface area contributed by atoms with Gasteiger partial charge in [0.2, 0.25) is 0 Å². The molecule has 0 radical (unpaired) electrons. The van der Waals surface area contributed by atoms with Gasteiger partial charge in [-0.15, -0.1) is 0 Å². The number of likely N-dealkylation sites (N-methyl/N-ethyl adjacent to an activating group) is 1. The zero-order valence-electron chi connectivity index (χ0n) is 12.3. The third-order valence-electron chi connectivity index (χ3n) is 3.84. The molecule has 1 aromatic carbocycles. The number of benzene rings is 1. The van der Waals surface area contributed by atoms with Gasteiger partial charge in [-0.25, -0.2) is 4.79 Å². The zero-order chi connectivity index (χ0) is 14.7. The van der Waals surface area contributed by atoms with Crippen LogP contribution in [-0.4, -0.2) is 49.1 Å². The van der Waals surface area contributed by atoms with Crippen molar-refractivity contribution in [2.75, 3.05) is 32.5 Å². The Kier molecular flexibility index (Phi) is 4.89. The van der Waals surface area contributed by atoms with Gasteiger partial charge < -0.3 is 15.1 Å². The monoisotopic (exact) mass is 295 g/mol. The fourth-order valence-corrected chi connectivity index (χ4v) is 2.75. The Hall–Kier alpha value is -1.26. The molecule has 2 amide bonds. The van der Waals surface area contributed by atoms with Crippen LogP contribution in [0.2, 0.25) is 5.02 Å². The maximum atomic E-state index is 12.3. The number of rotatable bonds is 2. The van der Waals surface area contributed by atoms with E-state index in [9.17, 15) is 4.79 Å². The van der Waals surface area contributed by atoms with Crippen LogP contribution >= 0.6 is 11.6 Å². The zero-order valence-corrected chi connectivity index (χ0v) is 13.1. The number of aryl methyl sites for hydroxylation is 1. The maximum Gasteiger partial charge on any atom is 0.321 e. The third kappa shape index (κ3) is 3.64. The summed E-state index contributed by atoms with van der Waals surface area (Å²) in [5, 5.41) is 3.66. The van der Waals surface area contributed by atoms with E-state index in [1.165, 1.54) is 0 Å². The molecule has 1 saturated heterocycles. The summed E-state index contributed by atoms with van der Waals surface area (Å²) in [7, 11) is 4.13. The first-order valence-electron chi connectivity index (χ1n) is 6.96. The summed E-state index contributed by atoms with van der Waals surface area (Å²) < 4.78 is 0. The smallest absolute Gasteiger partial charge is 0.321 e. The number of hydrogen-bond donors (Lipinski definition) is 1. The third-order valence-corrected chi connectivity index (χ3v) is 4.08. The Labute approximate surface area is 125 Å². The Morgan fingerprint density at radius 2 is 2.20 bits per heavy atom. The lowest BCUT2D eigenvalue weighted by molar-refractivity contribution is 0.148. The molecule has 0 saturated carbocycles. The van der Waals surface area contributed by atoms with Crippen molar-refractivity contribution in [3.05, 3.63) is 28.8 Å². The van der Waals surface area contributed by atoms with Gasteiger partial charge in [-0.3, -0.25) is 0 Å². The molecule has 1 fully saturated rings. The number of amides is 2. The van der Waals surface area contributed by atoms with Crippen molar-refractivity contribution in [2.45, 2.75) is 25.8 Å². The van der Waals surface area contributed by atoms with Gasteiger partial charge in [0, 0.05) is 29.8 Å². The number of anilines is 1. The summed E-state index contributed by atoms with van der Waals surface area (Å²) in [4.78, 5) is 16.4. The average Bonchev–Trinajstić information content (AvgIpc) is 2.42. The van der Waals surface area contributed by atoms with Crippen molar-refractivity contribution in [1.82, 2.24) is 9.80 Å². The molecule has 2 rings (SSSR count). The molecule has 5 heteroatoms. The molecule has 1 aliphatic rings. The standard InChI is InChI=1S/C15H22ClN3O/c1-11-9-12(16)6-7-14(11)17-15(20)19-8-4-5-13(10-19)18(2)3/h6-7,9,13H,4-5,8,10H2,1-3H3,(H,17,20). The number of hydrogen-bond acceptors (Lipinski definition) is 2. The van der Waals surface area contributed by atoms with E-state index in [0.717, 1.165) is 37.2 Å². The van der Waals surface area contributed by atoms with Crippen molar-refractivity contribution < 1.29 is 4.79 Å². The van der Waals surface area contributed by atoms with Crippen LogP contribution in [0, 0.1) is 6.92 Å². The maximum absolute atomic E-state index is 12.3. The molecule has 0 bridgehead atoms. The van der Waals surface area contributed by atoms with Gasteiger partial charge >= 0.3 is 6.03 Å². The second-order valence-electron chi connectivity index (χ2n) is 5.60. The predicted molar refractivity (Wildman–Crippen MR) is 83.5 cm³/mol. The second-order valence-corrected chi connectivity index (χ2v) is 6.03. The molecule has 1 atom stereocenters. The van der Waals surface area contributed by atoms with Gasteiger partial charge in [0.15, 0.2) is 0 Å². The van der Waals surface area contributed by atoms with Crippen LogP contribution < -0.4 is 5.32 Å². The van der Waals surface area contributed by atoms with Crippen LogP contribution in [0.4, 0.5) is 10.5 Å². The van der Waals surface area contributed by atoms with Crippen LogP contribution in [0.3, 0.4) is 0 Å². The first-order chi connectivity index (χ1) is 9.47. The Morgan fingerprint density at radius 1 is 1.45 bits per heavy atom. The van der Waals surface area contributed by atoms with Gasteiger partial charge in [0.25, 0.3) is 0 Å². The van der Waals surface area contributed by atoms with E-state index in [0.29, 0.717) is 11.1 Å². The lowest BCUT2D eigenvalue weighted by Crippen LogP contribution is -2.48. The molecular formula is C15H22ClN3O. The van der Waals surface area contributed by atoms with Crippen LogP contribution in [0.1, 0.15) is 18.4 Å². The predicted octanol–water partition coefficient (Wildman–Crippen LogP) is 3.21. The summed E-state index contributed by atoms with van der Waals surface area (Å²) in [6.45, 7) is 3.55. The summed E-state index contributed by atoms with van der Waals surface area (Å²) >= 11 is 5.93. The van der Waals surface area contributed by atoms with Crippen molar-refractivity contribution in [2.24, 2.45) is 0 Å². The fraction of sp³-hybridized carbons (Fsp3) is 0.533. The molecule has 0 aromatic heterocycles. The molecule has 20 heavy (non-hydrogen) atoms. The first kappa shape index (κ1) is 15.1. The van der Waals surface area contributed by atoms with Crippen LogP contribution in [0.25, 0.3) is 0 Å². The highest BCUT2D eigenvalue weighted by atomic mass is 35.5. The largest absolute Gasteiger partial charge is 0.323 e. The van der Waals surface area contributed by atoms with Crippen LogP contribution in [0.15, 0.2) is 18.2 Å². The van der Waals surface area contributed by atoms with Gasteiger partial charge in [0.1, 0.15) is 0 Å². The molecule has 110 valence electrons. The lowest BCUT2D eigenvalue weighted by Gasteiger charge is -2.36. The number of carbonyl (C=O) groups is 1. The number of urea groups is 1. The number of nitrogens with one attached hydrogen (secondary N) is 1. The van der Waals surface area contributed by atoms with E-state index < -0.39 is 0 Å². The van der Waals surface area contributed by atoms with Gasteiger partial charge in [-0.2, -0.15) is 0 Å². The Balaban J connectivity index is 2.00. The summed E-state index contributed by atoms with van der Waals surface area (Å²) in [5.41, 5.74) is 1.80. The number of nitrogens with zero attached hydrogens (tertiary/aromatic N) is 2. The highest BCUT2D eigenvalue weighted by Gasteiger charge is 2.24. The lowest BCUT2D eigenvalue weighted by atomic mass is 10.1. The van der Waals surface area contributed by atoms with E-state index in [4.69, 9.17) is 11.6 Å². The minimum atomic E-state index is -0.0260. The van der Waals surface area contributed by atoms with Crippen molar-refractivity contribution in [1.29, 1.82) is 0 Å². The molecule has 4 nitrogen and oxygen atoms in total. The number of carbonyl (C=O) groups excluding carboxylic acids is 1. The number of likely N-dealkylation sites (tertiary alicyclic amines) is 1. The quantitative estimate of drug-likeness (QED) is 0.909. The molecule has 1 aromatic rings. The summed E-state index contributed by atoms with van der Waals surface area (Å²) in [6, 6.07) is 5.92.